The molecule has 0 spiro atoms. The Bertz CT molecular complexity index is 462. The average molecular weight is 337 g/mol. The van der Waals surface area contributed by atoms with Crippen LogP contribution in [0.1, 0.15) is 44.9 Å². The summed E-state index contributed by atoms with van der Waals surface area (Å²) >= 11 is 0. The number of nitrogens with zero attached hydrogens (tertiary/aromatic N) is 2. The van der Waals surface area contributed by atoms with Gasteiger partial charge < -0.3 is 19.9 Å². The normalized spacial score (nSPS) is 27.5. The molecule has 24 heavy (non-hydrogen) atoms. The fourth-order valence-electron chi connectivity index (χ4n) is 4.66. The predicted octanol–water partition coefficient (Wildman–Crippen LogP) is 1.01. The minimum absolute atomic E-state index is 0.176. The van der Waals surface area contributed by atoms with E-state index in [2.05, 4.69) is 5.32 Å². The fraction of sp³-hybridized carbons (Fsp3) is 0.889. The van der Waals surface area contributed by atoms with Crippen molar-refractivity contribution in [3.8, 4) is 0 Å². The summed E-state index contributed by atoms with van der Waals surface area (Å²) in [5.74, 6) is 0.486. The SMILES string of the molecule is COCCC1(C(=O)N2CCCC(N3CCNCC3=O)C2)CCCC1. The van der Waals surface area contributed by atoms with Gasteiger partial charge in [0.05, 0.1) is 12.0 Å². The molecule has 0 radical (unpaired) electrons. The zero-order chi connectivity index (χ0) is 17.0. The predicted molar refractivity (Wildman–Crippen MR) is 91.6 cm³/mol. The van der Waals surface area contributed by atoms with Crippen LogP contribution >= 0.6 is 0 Å². The Hall–Kier alpha value is -1.14. The van der Waals surface area contributed by atoms with Crippen molar-refractivity contribution in [3.05, 3.63) is 0 Å². The van der Waals surface area contributed by atoms with Gasteiger partial charge in [0.1, 0.15) is 0 Å². The smallest absolute Gasteiger partial charge is 0.236 e. The molecular formula is C18H31N3O3. The summed E-state index contributed by atoms with van der Waals surface area (Å²) in [6.07, 6.45) is 7.10. The van der Waals surface area contributed by atoms with Gasteiger partial charge in [-0.15, -0.1) is 0 Å². The van der Waals surface area contributed by atoms with Gasteiger partial charge in [-0.1, -0.05) is 12.8 Å². The van der Waals surface area contributed by atoms with Gasteiger partial charge in [-0.25, -0.2) is 0 Å². The number of piperazine rings is 1. The number of piperidine rings is 1. The molecule has 1 N–H and O–H groups in total. The molecule has 2 heterocycles. The Labute approximate surface area is 144 Å². The first-order valence-electron chi connectivity index (χ1n) is 9.45. The van der Waals surface area contributed by atoms with Crippen molar-refractivity contribution in [3.63, 3.8) is 0 Å². The quantitative estimate of drug-likeness (QED) is 0.813. The van der Waals surface area contributed by atoms with Crippen LogP contribution in [-0.2, 0) is 14.3 Å². The van der Waals surface area contributed by atoms with E-state index in [9.17, 15) is 9.59 Å². The molecule has 1 aliphatic carbocycles. The molecule has 0 aromatic carbocycles. The summed E-state index contributed by atoms with van der Waals surface area (Å²) in [7, 11) is 1.71. The topological polar surface area (TPSA) is 61.9 Å². The Morgan fingerprint density at radius 1 is 1.29 bits per heavy atom. The maximum absolute atomic E-state index is 13.3. The van der Waals surface area contributed by atoms with Crippen molar-refractivity contribution < 1.29 is 14.3 Å². The molecule has 3 rings (SSSR count). The van der Waals surface area contributed by atoms with Crippen LogP contribution in [0.4, 0.5) is 0 Å². The van der Waals surface area contributed by atoms with Crippen molar-refractivity contribution in [2.45, 2.75) is 51.0 Å². The van der Waals surface area contributed by atoms with Gasteiger partial charge in [-0.2, -0.15) is 0 Å². The standard InChI is InChI=1S/C18H31N3O3/c1-24-12-8-18(6-2-3-7-18)17(23)20-10-4-5-15(14-20)21-11-9-19-13-16(21)22/h15,19H,2-14H2,1H3. The van der Waals surface area contributed by atoms with Crippen LogP contribution in [0.15, 0.2) is 0 Å². The molecule has 2 aliphatic heterocycles. The number of likely N-dealkylation sites (tertiary alicyclic amines) is 1. The third-order valence-electron chi connectivity index (χ3n) is 6.05. The molecule has 2 amide bonds. The van der Waals surface area contributed by atoms with E-state index in [0.717, 1.165) is 64.6 Å². The van der Waals surface area contributed by atoms with Crippen molar-refractivity contribution in [2.24, 2.45) is 5.41 Å². The molecule has 136 valence electrons. The summed E-state index contributed by atoms with van der Waals surface area (Å²) in [6, 6.07) is 0.193. The second-order valence-electron chi connectivity index (χ2n) is 7.54. The molecule has 3 fully saturated rings. The highest BCUT2D eigenvalue weighted by Crippen LogP contribution is 2.43. The summed E-state index contributed by atoms with van der Waals surface area (Å²) in [5.41, 5.74) is -0.217. The highest BCUT2D eigenvalue weighted by molar-refractivity contribution is 5.83. The van der Waals surface area contributed by atoms with Gasteiger partial charge in [0.25, 0.3) is 0 Å². The summed E-state index contributed by atoms with van der Waals surface area (Å²) in [6.45, 7) is 4.25. The van der Waals surface area contributed by atoms with E-state index >= 15 is 0 Å². The van der Waals surface area contributed by atoms with Gasteiger partial charge >= 0.3 is 0 Å². The van der Waals surface area contributed by atoms with E-state index in [1.54, 1.807) is 7.11 Å². The second kappa shape index (κ2) is 7.83. The van der Waals surface area contributed by atoms with E-state index < -0.39 is 0 Å². The molecule has 0 aromatic rings. The number of hydrogen-bond donors (Lipinski definition) is 1. The van der Waals surface area contributed by atoms with Crippen LogP contribution in [0.3, 0.4) is 0 Å². The highest BCUT2D eigenvalue weighted by Gasteiger charge is 2.44. The fourth-order valence-corrected chi connectivity index (χ4v) is 4.66. The molecule has 0 aromatic heterocycles. The molecule has 2 saturated heterocycles. The first kappa shape index (κ1) is 17.7. The minimum Gasteiger partial charge on any atom is -0.385 e. The molecule has 1 unspecified atom stereocenters. The third kappa shape index (κ3) is 3.59. The number of carbonyl (C=O) groups is 2. The van der Waals surface area contributed by atoms with Gasteiger partial charge in [0.15, 0.2) is 0 Å². The molecule has 1 atom stereocenters. The zero-order valence-corrected chi connectivity index (χ0v) is 14.9. The second-order valence-corrected chi connectivity index (χ2v) is 7.54. The highest BCUT2D eigenvalue weighted by atomic mass is 16.5. The number of nitrogens with one attached hydrogen (secondary N) is 1. The lowest BCUT2D eigenvalue weighted by Crippen LogP contribution is -2.58. The maximum Gasteiger partial charge on any atom is 0.236 e. The molecule has 3 aliphatic rings. The molecular weight excluding hydrogens is 306 g/mol. The Morgan fingerprint density at radius 2 is 2.08 bits per heavy atom. The maximum atomic E-state index is 13.3. The lowest BCUT2D eigenvalue weighted by molar-refractivity contribution is -0.148. The number of carbonyl (C=O) groups excluding carboxylic acids is 2. The summed E-state index contributed by atoms with van der Waals surface area (Å²) in [5, 5.41) is 3.13. The van der Waals surface area contributed by atoms with Gasteiger partial charge in [0.2, 0.25) is 11.8 Å². The first-order valence-corrected chi connectivity index (χ1v) is 9.45. The third-order valence-corrected chi connectivity index (χ3v) is 6.05. The average Bonchev–Trinajstić information content (AvgIpc) is 3.10. The number of amides is 2. The Kier molecular flexibility index (Phi) is 5.76. The van der Waals surface area contributed by atoms with E-state index in [0.29, 0.717) is 25.6 Å². The largest absolute Gasteiger partial charge is 0.385 e. The van der Waals surface area contributed by atoms with Crippen LogP contribution in [0, 0.1) is 5.41 Å². The lowest BCUT2D eigenvalue weighted by atomic mass is 9.80. The Morgan fingerprint density at radius 3 is 2.79 bits per heavy atom. The summed E-state index contributed by atoms with van der Waals surface area (Å²) < 4.78 is 5.27. The van der Waals surface area contributed by atoms with Crippen LogP contribution in [0.5, 0.6) is 0 Å². The van der Waals surface area contributed by atoms with Gasteiger partial charge in [0, 0.05) is 45.9 Å². The zero-order valence-electron chi connectivity index (χ0n) is 14.9. The molecule has 6 nitrogen and oxygen atoms in total. The van der Waals surface area contributed by atoms with Crippen LogP contribution in [0.2, 0.25) is 0 Å². The van der Waals surface area contributed by atoms with Crippen LogP contribution in [0.25, 0.3) is 0 Å². The monoisotopic (exact) mass is 337 g/mol. The van der Waals surface area contributed by atoms with E-state index in [-0.39, 0.29) is 17.4 Å². The molecule has 6 heteroatoms. The van der Waals surface area contributed by atoms with Crippen molar-refractivity contribution >= 4 is 11.8 Å². The minimum atomic E-state index is -0.217. The van der Waals surface area contributed by atoms with Crippen LogP contribution < -0.4 is 5.32 Å². The Balaban J connectivity index is 1.66. The van der Waals surface area contributed by atoms with E-state index in [1.165, 1.54) is 0 Å². The number of rotatable bonds is 5. The first-order chi connectivity index (χ1) is 11.7. The van der Waals surface area contributed by atoms with Gasteiger partial charge in [-0.05, 0) is 32.1 Å². The molecule has 1 saturated carbocycles. The lowest BCUT2D eigenvalue weighted by Gasteiger charge is -2.43. The van der Waals surface area contributed by atoms with Crippen LogP contribution in [-0.4, -0.2) is 74.1 Å². The van der Waals surface area contributed by atoms with Crippen molar-refractivity contribution in [1.82, 2.24) is 15.1 Å². The number of methoxy groups -OCH3 is 1. The molecule has 0 bridgehead atoms. The number of hydrogen-bond acceptors (Lipinski definition) is 4. The van der Waals surface area contributed by atoms with Gasteiger partial charge in [-0.3, -0.25) is 9.59 Å². The van der Waals surface area contributed by atoms with Crippen molar-refractivity contribution in [2.75, 3.05) is 46.4 Å². The van der Waals surface area contributed by atoms with E-state index in [4.69, 9.17) is 4.74 Å². The van der Waals surface area contributed by atoms with E-state index in [1.807, 2.05) is 9.80 Å². The van der Waals surface area contributed by atoms with Crippen molar-refractivity contribution in [1.29, 1.82) is 0 Å². The summed E-state index contributed by atoms with van der Waals surface area (Å²) in [4.78, 5) is 29.5. The number of ether oxygens (including phenoxy) is 1.